The van der Waals surface area contributed by atoms with Crippen molar-refractivity contribution in [3.63, 3.8) is 0 Å². The molecule has 0 atom stereocenters. The maximum Gasteiger partial charge on any atom is 0.256 e. The van der Waals surface area contributed by atoms with Crippen molar-refractivity contribution in [2.75, 3.05) is 7.05 Å². The quantitative estimate of drug-likeness (QED) is 0.930. The number of nitrogens with zero attached hydrogens (tertiary/aromatic N) is 1. The Morgan fingerprint density at radius 3 is 2.70 bits per heavy atom. The van der Waals surface area contributed by atoms with Gasteiger partial charge in [-0.15, -0.1) is 0 Å². The molecule has 0 saturated carbocycles. The maximum atomic E-state index is 13.7. The fourth-order valence-corrected chi connectivity index (χ4v) is 2.20. The molecule has 0 heterocycles. The van der Waals surface area contributed by atoms with Crippen LogP contribution in [0.4, 0.5) is 4.39 Å². The highest BCUT2D eigenvalue weighted by molar-refractivity contribution is 9.10. The number of rotatable bonds is 3. The lowest BCUT2D eigenvalue weighted by molar-refractivity contribution is 0.0780. The molecule has 0 aliphatic heterocycles. The number of aromatic hydroxyl groups is 1. The van der Waals surface area contributed by atoms with E-state index in [-0.39, 0.29) is 11.3 Å². The highest BCUT2D eigenvalue weighted by Gasteiger charge is 2.16. The summed E-state index contributed by atoms with van der Waals surface area (Å²) in [5.74, 6) is -0.830. The van der Waals surface area contributed by atoms with Crippen LogP contribution in [0.5, 0.6) is 5.75 Å². The molecule has 2 rings (SSSR count). The summed E-state index contributed by atoms with van der Waals surface area (Å²) in [6.07, 6.45) is 0. The number of halogens is 2. The van der Waals surface area contributed by atoms with Crippen LogP contribution >= 0.6 is 15.9 Å². The zero-order valence-corrected chi connectivity index (χ0v) is 12.4. The van der Waals surface area contributed by atoms with E-state index >= 15 is 0 Å². The van der Waals surface area contributed by atoms with E-state index in [0.29, 0.717) is 11.0 Å². The number of carbonyl (C=O) groups is 1. The zero-order valence-electron chi connectivity index (χ0n) is 10.8. The molecule has 2 aromatic rings. The van der Waals surface area contributed by atoms with E-state index in [1.54, 1.807) is 37.4 Å². The minimum Gasteiger partial charge on any atom is -0.508 e. The van der Waals surface area contributed by atoms with Gasteiger partial charge in [-0.25, -0.2) is 4.39 Å². The normalized spacial score (nSPS) is 10.3. The Hall–Kier alpha value is -1.88. The third-order valence-corrected chi connectivity index (χ3v) is 3.33. The molecule has 3 nitrogen and oxygen atoms in total. The summed E-state index contributed by atoms with van der Waals surface area (Å²) >= 11 is 3.15. The van der Waals surface area contributed by atoms with E-state index in [9.17, 15) is 14.3 Å². The summed E-state index contributed by atoms with van der Waals surface area (Å²) < 4.78 is 14.3. The first-order valence-electron chi connectivity index (χ1n) is 5.96. The average Bonchev–Trinajstić information content (AvgIpc) is 2.38. The lowest BCUT2D eigenvalue weighted by atomic mass is 10.1. The molecule has 0 bridgehead atoms. The molecule has 0 radical (unpaired) electrons. The molecule has 0 aliphatic rings. The molecule has 0 aromatic heterocycles. The van der Waals surface area contributed by atoms with Gasteiger partial charge in [-0.1, -0.05) is 28.1 Å². The van der Waals surface area contributed by atoms with Crippen LogP contribution in [-0.2, 0) is 6.54 Å². The molecule has 0 unspecified atom stereocenters. The van der Waals surface area contributed by atoms with E-state index in [2.05, 4.69) is 15.9 Å². The lowest BCUT2D eigenvalue weighted by Gasteiger charge is -2.18. The summed E-state index contributed by atoms with van der Waals surface area (Å²) in [7, 11) is 1.59. The van der Waals surface area contributed by atoms with Gasteiger partial charge in [-0.2, -0.15) is 0 Å². The smallest absolute Gasteiger partial charge is 0.256 e. The lowest BCUT2D eigenvalue weighted by Crippen LogP contribution is -2.27. The number of benzene rings is 2. The van der Waals surface area contributed by atoms with Gasteiger partial charge in [0.25, 0.3) is 5.91 Å². The Kier molecular flexibility index (Phi) is 4.39. The van der Waals surface area contributed by atoms with Crippen molar-refractivity contribution < 1.29 is 14.3 Å². The van der Waals surface area contributed by atoms with Crippen LogP contribution < -0.4 is 0 Å². The monoisotopic (exact) mass is 337 g/mol. The van der Waals surface area contributed by atoms with E-state index in [1.165, 1.54) is 17.0 Å². The van der Waals surface area contributed by atoms with Crippen molar-refractivity contribution in [2.45, 2.75) is 6.54 Å². The molecule has 2 aromatic carbocycles. The molecule has 0 saturated heterocycles. The fraction of sp³-hybridized carbons (Fsp3) is 0.133. The molecular weight excluding hydrogens is 325 g/mol. The van der Waals surface area contributed by atoms with Crippen LogP contribution in [0.1, 0.15) is 15.9 Å². The number of phenolic OH excluding ortho intramolecular Hbond substituents is 1. The summed E-state index contributed by atoms with van der Waals surface area (Å²) in [5, 5.41) is 9.39. The van der Waals surface area contributed by atoms with Gasteiger partial charge < -0.3 is 10.0 Å². The van der Waals surface area contributed by atoms with Crippen LogP contribution in [0.25, 0.3) is 0 Å². The Labute approximate surface area is 124 Å². The van der Waals surface area contributed by atoms with Crippen molar-refractivity contribution in [2.24, 2.45) is 0 Å². The highest BCUT2D eigenvalue weighted by Crippen LogP contribution is 2.18. The first-order chi connectivity index (χ1) is 9.47. The second-order valence-corrected chi connectivity index (χ2v) is 5.37. The Morgan fingerprint density at radius 1 is 1.30 bits per heavy atom. The summed E-state index contributed by atoms with van der Waals surface area (Å²) in [5.41, 5.74) is 0.800. The first kappa shape index (κ1) is 14.5. The first-order valence-corrected chi connectivity index (χ1v) is 6.75. The molecule has 0 aliphatic carbocycles. The topological polar surface area (TPSA) is 40.5 Å². The van der Waals surface area contributed by atoms with Gasteiger partial charge >= 0.3 is 0 Å². The van der Waals surface area contributed by atoms with Crippen LogP contribution in [0.3, 0.4) is 0 Å². The van der Waals surface area contributed by atoms with Crippen LogP contribution in [-0.4, -0.2) is 23.0 Å². The molecule has 104 valence electrons. The van der Waals surface area contributed by atoms with Crippen LogP contribution in [0, 0.1) is 5.82 Å². The summed E-state index contributed by atoms with van der Waals surface area (Å²) in [6, 6.07) is 10.9. The van der Waals surface area contributed by atoms with Gasteiger partial charge in [0, 0.05) is 18.1 Å². The Morgan fingerprint density at radius 2 is 2.05 bits per heavy atom. The van der Waals surface area contributed by atoms with E-state index in [0.717, 1.165) is 5.56 Å². The molecular formula is C15H13BrFNO2. The maximum absolute atomic E-state index is 13.7. The number of carbonyl (C=O) groups excluding carboxylic acids is 1. The predicted molar refractivity (Wildman–Crippen MR) is 78.0 cm³/mol. The van der Waals surface area contributed by atoms with Gasteiger partial charge in [0.15, 0.2) is 0 Å². The molecule has 5 heteroatoms. The van der Waals surface area contributed by atoms with Gasteiger partial charge in [-0.05, 0) is 35.9 Å². The van der Waals surface area contributed by atoms with E-state index in [1.807, 2.05) is 0 Å². The largest absolute Gasteiger partial charge is 0.508 e. The van der Waals surface area contributed by atoms with Crippen molar-refractivity contribution >= 4 is 21.8 Å². The second-order valence-electron chi connectivity index (χ2n) is 4.46. The fourth-order valence-electron chi connectivity index (χ4n) is 1.87. The van der Waals surface area contributed by atoms with Crippen LogP contribution in [0.2, 0.25) is 0 Å². The van der Waals surface area contributed by atoms with Crippen molar-refractivity contribution in [3.05, 3.63) is 63.9 Å². The van der Waals surface area contributed by atoms with Crippen LogP contribution in [0.15, 0.2) is 46.9 Å². The third-order valence-electron chi connectivity index (χ3n) is 2.84. The SMILES string of the molecule is CN(Cc1cccc(O)c1)C(=O)c1ccc(Br)cc1F. The minimum absolute atomic E-state index is 0.0239. The molecule has 20 heavy (non-hydrogen) atoms. The van der Waals surface area contributed by atoms with Crippen molar-refractivity contribution in [1.82, 2.24) is 4.90 Å². The third kappa shape index (κ3) is 3.36. The zero-order chi connectivity index (χ0) is 14.7. The number of phenols is 1. The molecule has 1 amide bonds. The molecule has 0 spiro atoms. The van der Waals surface area contributed by atoms with Gasteiger partial charge in [0.2, 0.25) is 0 Å². The standard InChI is InChI=1S/C15H13BrFNO2/c1-18(9-10-3-2-4-12(19)7-10)15(20)13-6-5-11(16)8-14(13)17/h2-8,19H,9H2,1H3. The Bertz CT molecular complexity index is 646. The van der Waals surface area contributed by atoms with Crippen molar-refractivity contribution in [3.8, 4) is 5.75 Å². The Balaban J connectivity index is 2.16. The summed E-state index contributed by atoms with van der Waals surface area (Å²) in [4.78, 5) is 13.6. The second kappa shape index (κ2) is 6.05. The van der Waals surface area contributed by atoms with Gasteiger partial charge in [0.05, 0.1) is 5.56 Å². The molecule has 0 fully saturated rings. The molecule has 1 N–H and O–H groups in total. The van der Waals surface area contributed by atoms with E-state index < -0.39 is 11.7 Å². The van der Waals surface area contributed by atoms with Gasteiger partial charge in [0.1, 0.15) is 11.6 Å². The van der Waals surface area contributed by atoms with E-state index in [4.69, 9.17) is 0 Å². The predicted octanol–water partition coefficient (Wildman–Crippen LogP) is 3.57. The number of hydrogen-bond donors (Lipinski definition) is 1. The number of amides is 1. The number of hydrogen-bond acceptors (Lipinski definition) is 2. The van der Waals surface area contributed by atoms with Gasteiger partial charge in [-0.3, -0.25) is 4.79 Å². The van der Waals surface area contributed by atoms with Crippen molar-refractivity contribution in [1.29, 1.82) is 0 Å². The minimum atomic E-state index is -0.563. The summed E-state index contributed by atoms with van der Waals surface area (Å²) in [6.45, 7) is 0.294. The average molecular weight is 338 g/mol. The highest BCUT2D eigenvalue weighted by atomic mass is 79.9.